The summed E-state index contributed by atoms with van der Waals surface area (Å²) in [5.41, 5.74) is 0.315. The number of nitrogens with one attached hydrogen (secondary N) is 2. The van der Waals surface area contributed by atoms with E-state index in [1.807, 2.05) is 30.4 Å². The summed E-state index contributed by atoms with van der Waals surface area (Å²) in [6, 6.07) is 11.8. The van der Waals surface area contributed by atoms with Gasteiger partial charge < -0.3 is 34.5 Å². The average molecular weight is 590 g/mol. The molecule has 0 radical (unpaired) electrons. The highest BCUT2D eigenvalue weighted by atomic mass is 16.5. The second-order valence-electron chi connectivity index (χ2n) is 11.7. The highest BCUT2D eigenvalue weighted by Gasteiger charge is 2.72. The Balaban J connectivity index is 1.28. The molecule has 1 saturated carbocycles. The minimum Gasteiger partial charge on any atom is -0.497 e. The smallest absolute Gasteiger partial charge is 0.246 e. The van der Waals surface area contributed by atoms with Gasteiger partial charge in [0.2, 0.25) is 17.7 Å². The monoisotopic (exact) mass is 589 g/mol. The molecule has 10 nitrogen and oxygen atoms in total. The first kappa shape index (κ1) is 29.0. The van der Waals surface area contributed by atoms with Gasteiger partial charge in [0.05, 0.1) is 39.3 Å². The minimum absolute atomic E-state index is 0.0660. The van der Waals surface area contributed by atoms with E-state index in [0.29, 0.717) is 29.4 Å². The molecule has 2 bridgehead atoms. The number of hydrogen-bond acceptors (Lipinski definition) is 7. The molecule has 3 heterocycles. The Morgan fingerprint density at radius 3 is 2.40 bits per heavy atom. The fraction of sp³-hybridized carbons (Fsp3) is 0.485. The van der Waals surface area contributed by atoms with Crippen LogP contribution in [0.15, 0.2) is 54.6 Å². The molecule has 43 heavy (non-hydrogen) atoms. The molecule has 0 aromatic heterocycles. The van der Waals surface area contributed by atoms with Crippen molar-refractivity contribution in [2.45, 2.75) is 62.3 Å². The van der Waals surface area contributed by atoms with Crippen molar-refractivity contribution < 1.29 is 33.3 Å². The van der Waals surface area contributed by atoms with E-state index in [-0.39, 0.29) is 30.3 Å². The Kier molecular flexibility index (Phi) is 8.05. The average Bonchev–Trinajstić information content (AvgIpc) is 3.67. The molecule has 10 heteroatoms. The topological polar surface area (TPSA) is 115 Å². The zero-order valence-electron chi connectivity index (χ0n) is 24.8. The molecule has 3 fully saturated rings. The van der Waals surface area contributed by atoms with Gasteiger partial charge in [-0.15, -0.1) is 0 Å². The zero-order valence-corrected chi connectivity index (χ0v) is 24.8. The Hall–Kier alpha value is -4.05. The van der Waals surface area contributed by atoms with Gasteiger partial charge in [-0.05, 0) is 61.2 Å². The van der Waals surface area contributed by atoms with Crippen LogP contribution >= 0.6 is 0 Å². The number of fused-ring (bicyclic) bond motifs is 1. The van der Waals surface area contributed by atoms with Crippen LogP contribution in [0.5, 0.6) is 17.2 Å². The third-order valence-electron chi connectivity index (χ3n) is 9.32. The van der Waals surface area contributed by atoms with Crippen molar-refractivity contribution in [3.8, 4) is 17.2 Å². The molecule has 6 rings (SSSR count). The quantitative estimate of drug-likeness (QED) is 0.408. The summed E-state index contributed by atoms with van der Waals surface area (Å²) < 4.78 is 22.5. The van der Waals surface area contributed by atoms with Crippen molar-refractivity contribution in [2.24, 2.45) is 11.8 Å². The maximum absolute atomic E-state index is 14.3. The molecule has 228 valence electrons. The number of likely N-dealkylation sites (tertiary alicyclic amines) is 1. The first-order chi connectivity index (χ1) is 20.9. The summed E-state index contributed by atoms with van der Waals surface area (Å²) in [6.07, 6.45) is 8.70. The van der Waals surface area contributed by atoms with E-state index in [4.69, 9.17) is 18.9 Å². The summed E-state index contributed by atoms with van der Waals surface area (Å²) in [5.74, 6) is -0.483. The van der Waals surface area contributed by atoms with Crippen molar-refractivity contribution in [3.63, 3.8) is 0 Å². The molecule has 4 aliphatic rings. The van der Waals surface area contributed by atoms with Gasteiger partial charge in [-0.1, -0.05) is 37.5 Å². The van der Waals surface area contributed by atoms with Gasteiger partial charge in [0.1, 0.15) is 17.4 Å². The molecule has 5 atom stereocenters. The van der Waals surface area contributed by atoms with Crippen LogP contribution in [0.3, 0.4) is 0 Å². The largest absolute Gasteiger partial charge is 0.497 e. The molecule has 3 amide bonds. The van der Waals surface area contributed by atoms with Crippen LogP contribution in [0.1, 0.15) is 37.7 Å². The number of carbonyl (C=O) groups is 3. The van der Waals surface area contributed by atoms with Crippen LogP contribution < -0.4 is 24.8 Å². The standard InChI is InChI=1S/C33H39N3O7/c1-40-23-12-10-22(11-13-23)34-30(37)27-25-15-17-33(43-25)28(27)32(39)36(29(33)31(38)35-21-7-5-4-6-8-21)18-16-20-9-14-24(41-2)26(19-20)42-3/h9-15,17,19,21,25,27-29H,4-8,16,18H2,1-3H3,(H,34,37)(H,35,38)/t25-,27+,28-,29+,33-/m0/s1. The number of amides is 3. The molecule has 2 saturated heterocycles. The van der Waals surface area contributed by atoms with Crippen molar-refractivity contribution >= 4 is 23.4 Å². The number of carbonyl (C=O) groups excluding carboxylic acids is 3. The van der Waals surface area contributed by atoms with Crippen LogP contribution in [-0.2, 0) is 25.5 Å². The van der Waals surface area contributed by atoms with E-state index in [2.05, 4.69) is 10.6 Å². The second-order valence-corrected chi connectivity index (χ2v) is 11.7. The Morgan fingerprint density at radius 1 is 0.953 bits per heavy atom. The molecular formula is C33H39N3O7. The normalized spacial score (nSPS) is 27.6. The lowest BCUT2D eigenvalue weighted by Gasteiger charge is -2.34. The molecule has 3 aliphatic heterocycles. The number of ether oxygens (including phenoxy) is 4. The molecule has 2 aromatic carbocycles. The Morgan fingerprint density at radius 2 is 1.70 bits per heavy atom. The first-order valence-corrected chi connectivity index (χ1v) is 15.0. The minimum atomic E-state index is -1.21. The fourth-order valence-electron chi connectivity index (χ4n) is 7.22. The van der Waals surface area contributed by atoms with Gasteiger partial charge in [-0.2, -0.15) is 0 Å². The molecule has 2 aromatic rings. The highest BCUT2D eigenvalue weighted by molar-refractivity contribution is 6.02. The van der Waals surface area contributed by atoms with Crippen LogP contribution in [0.2, 0.25) is 0 Å². The summed E-state index contributed by atoms with van der Waals surface area (Å²) >= 11 is 0. The lowest BCUT2D eigenvalue weighted by molar-refractivity contribution is -0.141. The van der Waals surface area contributed by atoms with Crippen LogP contribution in [0, 0.1) is 11.8 Å². The predicted molar refractivity (Wildman–Crippen MR) is 159 cm³/mol. The number of anilines is 1. The number of methoxy groups -OCH3 is 3. The summed E-state index contributed by atoms with van der Waals surface area (Å²) in [5, 5.41) is 6.18. The van der Waals surface area contributed by atoms with Gasteiger partial charge in [0, 0.05) is 18.3 Å². The molecule has 1 spiro atoms. The lowest BCUT2D eigenvalue weighted by atomic mass is 9.74. The summed E-state index contributed by atoms with van der Waals surface area (Å²) in [4.78, 5) is 43.6. The van der Waals surface area contributed by atoms with Crippen LogP contribution in [0.4, 0.5) is 5.69 Å². The fourth-order valence-corrected chi connectivity index (χ4v) is 7.22. The zero-order chi connectivity index (χ0) is 30.1. The number of nitrogens with zero attached hydrogens (tertiary/aromatic N) is 1. The van der Waals surface area contributed by atoms with E-state index in [0.717, 1.165) is 37.7 Å². The molecule has 0 unspecified atom stereocenters. The SMILES string of the molecule is COc1ccc(NC(=O)[C@@H]2[C@@H]3C=C[C@]4(O3)[C@@H]2C(=O)N(CCc2ccc(OC)c(OC)c2)[C@@H]4C(=O)NC2CCCCC2)cc1. The van der Waals surface area contributed by atoms with E-state index < -0.39 is 29.6 Å². The maximum Gasteiger partial charge on any atom is 0.246 e. The van der Waals surface area contributed by atoms with E-state index in [9.17, 15) is 14.4 Å². The van der Waals surface area contributed by atoms with Gasteiger partial charge >= 0.3 is 0 Å². The van der Waals surface area contributed by atoms with Crippen LogP contribution in [0.25, 0.3) is 0 Å². The third-order valence-corrected chi connectivity index (χ3v) is 9.32. The Bertz CT molecular complexity index is 1400. The van der Waals surface area contributed by atoms with E-state index in [1.54, 1.807) is 50.5 Å². The van der Waals surface area contributed by atoms with Gasteiger partial charge in [0.15, 0.2) is 11.5 Å². The number of hydrogen-bond donors (Lipinski definition) is 2. The second kappa shape index (κ2) is 11.9. The lowest BCUT2D eigenvalue weighted by Crippen LogP contribution is -2.56. The molecule has 1 aliphatic carbocycles. The predicted octanol–water partition coefficient (Wildman–Crippen LogP) is 3.49. The van der Waals surface area contributed by atoms with E-state index in [1.165, 1.54) is 0 Å². The van der Waals surface area contributed by atoms with Gasteiger partial charge in [-0.3, -0.25) is 14.4 Å². The van der Waals surface area contributed by atoms with Crippen molar-refractivity contribution in [1.82, 2.24) is 10.2 Å². The Labute approximate surface area is 251 Å². The van der Waals surface area contributed by atoms with Crippen molar-refractivity contribution in [1.29, 1.82) is 0 Å². The highest BCUT2D eigenvalue weighted by Crippen LogP contribution is 2.55. The van der Waals surface area contributed by atoms with Crippen LogP contribution in [-0.4, -0.2) is 74.3 Å². The number of rotatable bonds is 10. The molecule has 2 N–H and O–H groups in total. The summed E-state index contributed by atoms with van der Waals surface area (Å²) in [7, 11) is 4.74. The van der Waals surface area contributed by atoms with Gasteiger partial charge in [0.25, 0.3) is 0 Å². The summed E-state index contributed by atoms with van der Waals surface area (Å²) in [6.45, 7) is 0.282. The first-order valence-electron chi connectivity index (χ1n) is 15.0. The third kappa shape index (κ3) is 5.22. The number of benzene rings is 2. The van der Waals surface area contributed by atoms with Crippen molar-refractivity contribution in [2.75, 3.05) is 33.2 Å². The van der Waals surface area contributed by atoms with Gasteiger partial charge in [-0.25, -0.2) is 0 Å². The van der Waals surface area contributed by atoms with Crippen molar-refractivity contribution in [3.05, 3.63) is 60.2 Å². The van der Waals surface area contributed by atoms with E-state index >= 15 is 0 Å². The maximum atomic E-state index is 14.3. The molecular weight excluding hydrogens is 550 g/mol.